The quantitative estimate of drug-likeness (QED) is 0.817. The number of nitrogens with zero attached hydrogens (tertiary/aromatic N) is 2. The first-order chi connectivity index (χ1) is 7.72. The van der Waals surface area contributed by atoms with E-state index in [4.69, 9.17) is 4.74 Å². The Morgan fingerprint density at radius 1 is 1.19 bits per heavy atom. The van der Waals surface area contributed by atoms with Crippen LogP contribution in [0.2, 0.25) is 0 Å². The highest BCUT2D eigenvalue weighted by Gasteiger charge is 2.17. The van der Waals surface area contributed by atoms with Crippen LogP contribution in [0.3, 0.4) is 0 Å². The van der Waals surface area contributed by atoms with E-state index in [0.717, 1.165) is 43.3 Å². The molecule has 0 atom stereocenters. The van der Waals surface area contributed by atoms with Gasteiger partial charge in [0.15, 0.2) is 0 Å². The summed E-state index contributed by atoms with van der Waals surface area (Å²) in [5.41, 5.74) is 2.33. The lowest BCUT2D eigenvalue weighted by atomic mass is 10.1. The van der Waals surface area contributed by atoms with Gasteiger partial charge in [0.05, 0.1) is 12.8 Å². The summed E-state index contributed by atoms with van der Waals surface area (Å²) in [6.45, 7) is 6.19. The molecular weight excluding hydrogens is 202 g/mol. The van der Waals surface area contributed by atoms with Gasteiger partial charge in [-0.25, -0.2) is 4.98 Å². The Hall–Kier alpha value is -1.16. The summed E-state index contributed by atoms with van der Waals surface area (Å²) in [6, 6.07) is 0. The zero-order valence-electron chi connectivity index (χ0n) is 10.2. The van der Waals surface area contributed by atoms with Crippen LogP contribution in [0.5, 0.6) is 5.88 Å². The maximum atomic E-state index is 5.38. The van der Waals surface area contributed by atoms with Crippen molar-refractivity contribution in [3.8, 4) is 5.88 Å². The zero-order chi connectivity index (χ0) is 11.5. The number of rotatable bonds is 2. The molecule has 16 heavy (non-hydrogen) atoms. The molecule has 1 aromatic heterocycles. The Labute approximate surface area is 96.4 Å². The smallest absolute Gasteiger partial charge is 0.219 e. The topological polar surface area (TPSA) is 47.0 Å². The Balaban J connectivity index is 2.46. The molecule has 88 valence electrons. The van der Waals surface area contributed by atoms with Crippen LogP contribution in [0.15, 0.2) is 0 Å². The standard InChI is InChI=1S/C12H19N3O/c1-8(2)11-14-10-5-7-13-6-4-9(10)12(15-11)16-3/h8,13H,4-7H2,1-3H3. The van der Waals surface area contributed by atoms with Gasteiger partial charge in [-0.3, -0.25) is 0 Å². The van der Waals surface area contributed by atoms with Crippen LogP contribution in [-0.4, -0.2) is 30.2 Å². The molecule has 1 N–H and O–H groups in total. The van der Waals surface area contributed by atoms with E-state index >= 15 is 0 Å². The molecule has 0 saturated carbocycles. The summed E-state index contributed by atoms with van der Waals surface area (Å²) in [4.78, 5) is 9.13. The third-order valence-electron chi connectivity index (χ3n) is 2.87. The molecule has 0 saturated heterocycles. The normalized spacial score (nSPS) is 15.8. The number of fused-ring (bicyclic) bond motifs is 1. The van der Waals surface area contributed by atoms with Crippen molar-refractivity contribution in [1.29, 1.82) is 0 Å². The summed E-state index contributed by atoms with van der Waals surface area (Å²) < 4.78 is 5.38. The van der Waals surface area contributed by atoms with Crippen molar-refractivity contribution >= 4 is 0 Å². The van der Waals surface area contributed by atoms with E-state index in [1.165, 1.54) is 5.56 Å². The van der Waals surface area contributed by atoms with Crippen molar-refractivity contribution in [3.05, 3.63) is 17.1 Å². The van der Waals surface area contributed by atoms with Gasteiger partial charge in [-0.15, -0.1) is 0 Å². The molecule has 0 spiro atoms. The van der Waals surface area contributed by atoms with Crippen molar-refractivity contribution in [2.45, 2.75) is 32.6 Å². The Kier molecular flexibility index (Phi) is 3.39. The van der Waals surface area contributed by atoms with Crippen LogP contribution < -0.4 is 10.1 Å². The fourth-order valence-electron chi connectivity index (χ4n) is 1.96. The van der Waals surface area contributed by atoms with Gasteiger partial charge in [-0.2, -0.15) is 4.98 Å². The molecule has 0 fully saturated rings. The molecule has 4 heteroatoms. The Morgan fingerprint density at radius 3 is 2.62 bits per heavy atom. The van der Waals surface area contributed by atoms with Gasteiger partial charge in [0.2, 0.25) is 5.88 Å². The molecule has 0 aromatic carbocycles. The van der Waals surface area contributed by atoms with Crippen molar-refractivity contribution < 1.29 is 4.74 Å². The average Bonchev–Trinajstić information content (AvgIpc) is 2.52. The average molecular weight is 221 g/mol. The minimum Gasteiger partial charge on any atom is -0.481 e. The van der Waals surface area contributed by atoms with Crippen molar-refractivity contribution in [1.82, 2.24) is 15.3 Å². The number of ether oxygens (including phenoxy) is 1. The van der Waals surface area contributed by atoms with Crippen LogP contribution >= 0.6 is 0 Å². The maximum absolute atomic E-state index is 5.38. The highest BCUT2D eigenvalue weighted by molar-refractivity contribution is 5.33. The molecule has 0 unspecified atom stereocenters. The number of nitrogens with one attached hydrogen (secondary N) is 1. The van der Waals surface area contributed by atoms with E-state index < -0.39 is 0 Å². The molecule has 0 aliphatic carbocycles. The third kappa shape index (κ3) is 2.16. The highest BCUT2D eigenvalue weighted by Crippen LogP contribution is 2.23. The van der Waals surface area contributed by atoms with Crippen LogP contribution in [0.25, 0.3) is 0 Å². The number of aromatic nitrogens is 2. The molecule has 0 radical (unpaired) electrons. The van der Waals surface area contributed by atoms with Crippen molar-refractivity contribution in [3.63, 3.8) is 0 Å². The Bertz CT molecular complexity index is 377. The first-order valence-corrected chi connectivity index (χ1v) is 5.86. The van der Waals surface area contributed by atoms with Crippen molar-refractivity contribution in [2.24, 2.45) is 0 Å². The lowest BCUT2D eigenvalue weighted by Crippen LogP contribution is -2.16. The molecule has 1 aliphatic heterocycles. The molecule has 2 rings (SSSR count). The highest BCUT2D eigenvalue weighted by atomic mass is 16.5. The van der Waals surface area contributed by atoms with Gasteiger partial charge >= 0.3 is 0 Å². The van der Waals surface area contributed by atoms with Gasteiger partial charge < -0.3 is 10.1 Å². The van der Waals surface area contributed by atoms with E-state index in [1.54, 1.807) is 7.11 Å². The summed E-state index contributed by atoms with van der Waals surface area (Å²) in [6.07, 6.45) is 1.92. The van der Waals surface area contributed by atoms with Gasteiger partial charge in [0.1, 0.15) is 5.82 Å². The first kappa shape index (κ1) is 11.3. The lowest BCUT2D eigenvalue weighted by molar-refractivity contribution is 0.387. The monoisotopic (exact) mass is 221 g/mol. The van der Waals surface area contributed by atoms with E-state index in [-0.39, 0.29) is 0 Å². The molecule has 2 heterocycles. The fraction of sp³-hybridized carbons (Fsp3) is 0.667. The van der Waals surface area contributed by atoms with Crippen LogP contribution in [0, 0.1) is 0 Å². The second kappa shape index (κ2) is 4.78. The minimum atomic E-state index is 0.343. The van der Waals surface area contributed by atoms with E-state index in [0.29, 0.717) is 5.92 Å². The fourth-order valence-corrected chi connectivity index (χ4v) is 1.96. The number of methoxy groups -OCH3 is 1. The van der Waals surface area contributed by atoms with Gasteiger partial charge in [-0.05, 0) is 13.0 Å². The molecule has 0 amide bonds. The van der Waals surface area contributed by atoms with E-state index in [2.05, 4.69) is 29.1 Å². The predicted octanol–water partition coefficient (Wildman–Crippen LogP) is 1.30. The predicted molar refractivity (Wildman–Crippen MR) is 63.0 cm³/mol. The lowest BCUT2D eigenvalue weighted by Gasteiger charge is -2.13. The number of hydrogen-bond acceptors (Lipinski definition) is 4. The third-order valence-corrected chi connectivity index (χ3v) is 2.87. The largest absolute Gasteiger partial charge is 0.481 e. The second-order valence-corrected chi connectivity index (χ2v) is 4.42. The minimum absolute atomic E-state index is 0.343. The maximum Gasteiger partial charge on any atom is 0.219 e. The van der Waals surface area contributed by atoms with Gasteiger partial charge in [0, 0.05) is 24.4 Å². The van der Waals surface area contributed by atoms with Crippen LogP contribution in [0.1, 0.15) is 36.8 Å². The molecule has 1 aliphatic rings. The summed E-state index contributed by atoms with van der Waals surface area (Å²) >= 11 is 0. The zero-order valence-corrected chi connectivity index (χ0v) is 10.2. The molecule has 0 bridgehead atoms. The van der Waals surface area contributed by atoms with Crippen molar-refractivity contribution in [2.75, 3.05) is 20.2 Å². The second-order valence-electron chi connectivity index (χ2n) is 4.42. The van der Waals surface area contributed by atoms with E-state index in [9.17, 15) is 0 Å². The summed E-state index contributed by atoms with van der Waals surface area (Å²) in [7, 11) is 1.69. The molecule has 4 nitrogen and oxygen atoms in total. The summed E-state index contributed by atoms with van der Waals surface area (Å²) in [5, 5.41) is 3.37. The SMILES string of the molecule is COc1nc(C(C)C)nc2c1CCNCC2. The molecule has 1 aromatic rings. The Morgan fingerprint density at radius 2 is 1.94 bits per heavy atom. The summed E-state index contributed by atoms with van der Waals surface area (Å²) in [5.74, 6) is 1.99. The van der Waals surface area contributed by atoms with Gasteiger partial charge in [0.25, 0.3) is 0 Å². The van der Waals surface area contributed by atoms with Gasteiger partial charge in [-0.1, -0.05) is 13.8 Å². The first-order valence-electron chi connectivity index (χ1n) is 5.86. The van der Waals surface area contributed by atoms with E-state index in [1.807, 2.05) is 0 Å². The van der Waals surface area contributed by atoms with Crippen LogP contribution in [-0.2, 0) is 12.8 Å². The molecular formula is C12H19N3O. The number of hydrogen-bond donors (Lipinski definition) is 1. The van der Waals surface area contributed by atoms with Crippen LogP contribution in [0.4, 0.5) is 0 Å².